The first-order chi connectivity index (χ1) is 12.9. The molecule has 1 aliphatic carbocycles. The lowest BCUT2D eigenvalue weighted by Gasteiger charge is -2.40. The smallest absolute Gasteiger partial charge is 0.229 e. The second kappa shape index (κ2) is 8.19. The standard InChI is InChI=1S/C21H30N2O4/c1-13-6-5-7-18(14(13)2)23-12-15(10-20(23)24)21(25)22-17-11-16(26-3)8-9-19(17)27-4/h8-9,11,13-15,18H,5-7,10,12H2,1-4H3,(H,22,25)/t13-,14-,15-,18-/m1/s1. The van der Waals surface area contributed by atoms with Crippen molar-refractivity contribution in [3.8, 4) is 11.5 Å². The Bertz CT molecular complexity index is 705. The van der Waals surface area contributed by atoms with Gasteiger partial charge in [0.25, 0.3) is 0 Å². The fourth-order valence-corrected chi connectivity index (χ4v) is 4.37. The summed E-state index contributed by atoms with van der Waals surface area (Å²) in [6.07, 6.45) is 3.68. The van der Waals surface area contributed by atoms with Crippen molar-refractivity contribution in [1.29, 1.82) is 0 Å². The fourth-order valence-electron chi connectivity index (χ4n) is 4.37. The highest BCUT2D eigenvalue weighted by atomic mass is 16.5. The number of hydrogen-bond donors (Lipinski definition) is 1. The SMILES string of the molecule is COc1ccc(OC)c(NC(=O)[C@@H]2CC(=O)N([C@@H]3CCC[C@@H](C)[C@H]3C)C2)c1. The van der Waals surface area contributed by atoms with Gasteiger partial charge in [0.05, 0.1) is 25.8 Å². The van der Waals surface area contributed by atoms with Gasteiger partial charge in [-0.1, -0.05) is 26.7 Å². The van der Waals surface area contributed by atoms with Crippen LogP contribution in [0.5, 0.6) is 11.5 Å². The number of anilines is 1. The van der Waals surface area contributed by atoms with Crippen LogP contribution in [0.15, 0.2) is 18.2 Å². The van der Waals surface area contributed by atoms with Gasteiger partial charge in [0, 0.05) is 25.1 Å². The molecule has 0 aromatic heterocycles. The van der Waals surface area contributed by atoms with E-state index in [1.165, 1.54) is 6.42 Å². The lowest BCUT2D eigenvalue weighted by Crippen LogP contribution is -2.45. The van der Waals surface area contributed by atoms with Gasteiger partial charge in [-0.2, -0.15) is 0 Å². The topological polar surface area (TPSA) is 67.9 Å². The number of carbonyl (C=O) groups excluding carboxylic acids is 2. The number of nitrogens with one attached hydrogen (secondary N) is 1. The molecule has 0 bridgehead atoms. The number of hydrogen-bond acceptors (Lipinski definition) is 4. The third-order valence-electron chi connectivity index (χ3n) is 6.26. The number of benzene rings is 1. The molecule has 148 valence electrons. The molecule has 0 radical (unpaired) electrons. The summed E-state index contributed by atoms with van der Waals surface area (Å²) < 4.78 is 10.6. The molecule has 0 spiro atoms. The second-order valence-corrected chi connectivity index (χ2v) is 7.84. The first-order valence-electron chi connectivity index (χ1n) is 9.77. The molecule has 0 unspecified atom stereocenters. The Kier molecular flexibility index (Phi) is 5.92. The van der Waals surface area contributed by atoms with Crippen molar-refractivity contribution < 1.29 is 19.1 Å². The average molecular weight is 374 g/mol. The molecule has 1 saturated carbocycles. The molecule has 27 heavy (non-hydrogen) atoms. The lowest BCUT2D eigenvalue weighted by atomic mass is 9.77. The van der Waals surface area contributed by atoms with Crippen LogP contribution in [0.25, 0.3) is 0 Å². The first kappa shape index (κ1) is 19.5. The molecule has 2 amide bonds. The van der Waals surface area contributed by atoms with E-state index in [1.807, 2.05) is 4.90 Å². The molecule has 1 N–H and O–H groups in total. The van der Waals surface area contributed by atoms with Gasteiger partial charge in [-0.05, 0) is 30.4 Å². The summed E-state index contributed by atoms with van der Waals surface area (Å²) in [5, 5.41) is 2.92. The van der Waals surface area contributed by atoms with E-state index in [0.717, 1.165) is 12.8 Å². The molecule has 1 aromatic carbocycles. The molecule has 1 saturated heterocycles. The number of rotatable bonds is 5. The maximum absolute atomic E-state index is 12.8. The molecule has 1 aromatic rings. The van der Waals surface area contributed by atoms with Gasteiger partial charge in [-0.15, -0.1) is 0 Å². The zero-order valence-electron chi connectivity index (χ0n) is 16.7. The summed E-state index contributed by atoms with van der Waals surface area (Å²) in [5.41, 5.74) is 0.562. The minimum Gasteiger partial charge on any atom is -0.497 e. The monoisotopic (exact) mass is 374 g/mol. The molecule has 1 heterocycles. The summed E-state index contributed by atoms with van der Waals surface area (Å²) in [7, 11) is 3.14. The maximum atomic E-state index is 12.8. The summed E-state index contributed by atoms with van der Waals surface area (Å²) in [6.45, 7) is 4.99. The first-order valence-corrected chi connectivity index (χ1v) is 9.77. The maximum Gasteiger partial charge on any atom is 0.229 e. The van der Waals surface area contributed by atoms with E-state index in [-0.39, 0.29) is 30.2 Å². The normalized spacial score (nSPS) is 28.1. The van der Waals surface area contributed by atoms with Crippen LogP contribution in [-0.4, -0.2) is 43.5 Å². The van der Waals surface area contributed by atoms with Crippen LogP contribution in [0.4, 0.5) is 5.69 Å². The van der Waals surface area contributed by atoms with Crippen LogP contribution in [0, 0.1) is 17.8 Å². The number of ether oxygens (including phenoxy) is 2. The van der Waals surface area contributed by atoms with Crippen LogP contribution >= 0.6 is 0 Å². The van der Waals surface area contributed by atoms with Crippen LogP contribution in [0.3, 0.4) is 0 Å². The highest BCUT2D eigenvalue weighted by Gasteiger charge is 2.41. The molecule has 2 fully saturated rings. The third kappa shape index (κ3) is 4.04. The van der Waals surface area contributed by atoms with Gasteiger partial charge >= 0.3 is 0 Å². The predicted octanol–water partition coefficient (Wildman–Crippen LogP) is 3.32. The van der Waals surface area contributed by atoms with E-state index in [1.54, 1.807) is 32.4 Å². The van der Waals surface area contributed by atoms with E-state index in [0.29, 0.717) is 35.6 Å². The Hall–Kier alpha value is -2.24. The molecule has 6 heteroatoms. The highest BCUT2D eigenvalue weighted by molar-refractivity contribution is 5.98. The van der Waals surface area contributed by atoms with Crippen molar-refractivity contribution in [2.24, 2.45) is 17.8 Å². The van der Waals surface area contributed by atoms with Crippen molar-refractivity contribution in [3.63, 3.8) is 0 Å². The fraction of sp³-hybridized carbons (Fsp3) is 0.619. The highest BCUT2D eigenvalue weighted by Crippen LogP contribution is 2.36. The van der Waals surface area contributed by atoms with Gasteiger partial charge in [0.1, 0.15) is 11.5 Å². The summed E-state index contributed by atoms with van der Waals surface area (Å²) >= 11 is 0. The average Bonchev–Trinajstić information content (AvgIpc) is 3.05. The minimum atomic E-state index is -0.335. The van der Waals surface area contributed by atoms with Crippen LogP contribution < -0.4 is 14.8 Å². The molecule has 2 aliphatic rings. The van der Waals surface area contributed by atoms with Crippen molar-refractivity contribution in [2.45, 2.75) is 45.6 Å². The third-order valence-corrected chi connectivity index (χ3v) is 6.26. The van der Waals surface area contributed by atoms with E-state index >= 15 is 0 Å². The van der Waals surface area contributed by atoms with Gasteiger partial charge < -0.3 is 19.7 Å². The Balaban J connectivity index is 1.69. The zero-order chi connectivity index (χ0) is 19.6. The van der Waals surface area contributed by atoms with Gasteiger partial charge in [-0.25, -0.2) is 0 Å². The van der Waals surface area contributed by atoms with Crippen molar-refractivity contribution in [2.75, 3.05) is 26.1 Å². The van der Waals surface area contributed by atoms with Gasteiger partial charge in [0.2, 0.25) is 11.8 Å². The summed E-state index contributed by atoms with van der Waals surface area (Å²) in [6, 6.07) is 5.52. The molecule has 1 aliphatic heterocycles. The number of amides is 2. The van der Waals surface area contributed by atoms with Gasteiger partial charge in [-0.3, -0.25) is 9.59 Å². The largest absolute Gasteiger partial charge is 0.497 e. The van der Waals surface area contributed by atoms with Crippen LogP contribution in [0.2, 0.25) is 0 Å². The molecular formula is C21H30N2O4. The predicted molar refractivity (Wildman–Crippen MR) is 104 cm³/mol. The molecule has 4 atom stereocenters. The number of likely N-dealkylation sites (tertiary alicyclic amines) is 1. The molecular weight excluding hydrogens is 344 g/mol. The van der Waals surface area contributed by atoms with Crippen molar-refractivity contribution in [3.05, 3.63) is 18.2 Å². The molecule has 3 rings (SSSR count). The number of carbonyl (C=O) groups is 2. The quantitative estimate of drug-likeness (QED) is 0.859. The van der Waals surface area contributed by atoms with E-state index in [4.69, 9.17) is 9.47 Å². The Labute approximate surface area is 161 Å². The summed E-state index contributed by atoms with van der Waals surface area (Å²) in [4.78, 5) is 27.4. The van der Waals surface area contributed by atoms with Crippen LogP contribution in [-0.2, 0) is 9.59 Å². The van der Waals surface area contributed by atoms with Crippen molar-refractivity contribution in [1.82, 2.24) is 4.90 Å². The van der Waals surface area contributed by atoms with E-state index < -0.39 is 0 Å². The Morgan fingerprint density at radius 2 is 1.96 bits per heavy atom. The van der Waals surface area contributed by atoms with Gasteiger partial charge in [0.15, 0.2) is 0 Å². The lowest BCUT2D eigenvalue weighted by molar-refractivity contribution is -0.131. The Morgan fingerprint density at radius 3 is 2.67 bits per heavy atom. The number of nitrogens with zero attached hydrogens (tertiary/aromatic N) is 1. The Morgan fingerprint density at radius 1 is 1.19 bits per heavy atom. The molecule has 6 nitrogen and oxygen atoms in total. The van der Waals surface area contributed by atoms with E-state index in [2.05, 4.69) is 19.2 Å². The van der Waals surface area contributed by atoms with E-state index in [9.17, 15) is 9.59 Å². The van der Waals surface area contributed by atoms with Crippen molar-refractivity contribution >= 4 is 17.5 Å². The minimum absolute atomic E-state index is 0.0960. The number of methoxy groups -OCH3 is 2. The summed E-state index contributed by atoms with van der Waals surface area (Å²) in [5.74, 6) is 1.92. The zero-order valence-corrected chi connectivity index (χ0v) is 16.7. The van der Waals surface area contributed by atoms with Crippen LogP contribution in [0.1, 0.15) is 39.5 Å². The second-order valence-electron chi connectivity index (χ2n) is 7.84.